The van der Waals surface area contributed by atoms with Crippen molar-refractivity contribution in [1.82, 2.24) is 10.2 Å². The summed E-state index contributed by atoms with van der Waals surface area (Å²) in [5.41, 5.74) is 7.75. The molecule has 0 aliphatic rings. The molecule has 0 fully saturated rings. The summed E-state index contributed by atoms with van der Waals surface area (Å²) in [4.78, 5) is 14.4. The molecule has 0 aromatic heterocycles. The summed E-state index contributed by atoms with van der Waals surface area (Å²) in [6.07, 6.45) is 0.400. The van der Waals surface area contributed by atoms with E-state index in [0.717, 1.165) is 17.7 Å². The summed E-state index contributed by atoms with van der Waals surface area (Å²) in [6, 6.07) is 8.81. The van der Waals surface area contributed by atoms with Gasteiger partial charge in [-0.25, -0.2) is 0 Å². The molecule has 0 bridgehead atoms. The largest absolute Gasteiger partial charge is 0.355 e. The van der Waals surface area contributed by atoms with Gasteiger partial charge < -0.3 is 11.1 Å². The molecule has 0 saturated heterocycles. The normalized spacial score (nSPS) is 11.4. The number of nitrogens with zero attached hydrogens (tertiary/aromatic N) is 1. The van der Waals surface area contributed by atoms with Crippen molar-refractivity contribution in [3.63, 3.8) is 0 Å². The van der Waals surface area contributed by atoms with Crippen molar-refractivity contribution in [2.75, 3.05) is 13.1 Å². The van der Waals surface area contributed by atoms with Crippen molar-refractivity contribution in [2.24, 2.45) is 5.73 Å². The third kappa shape index (κ3) is 5.86. The number of nitrogens with one attached hydrogen (secondary N) is 1. The fraction of sp³-hybridized carbons (Fsp3) is 0.588. The van der Waals surface area contributed by atoms with Gasteiger partial charge in [-0.15, -0.1) is 0 Å². The van der Waals surface area contributed by atoms with Gasteiger partial charge in [-0.05, 0) is 38.8 Å². The van der Waals surface area contributed by atoms with E-state index in [1.807, 2.05) is 24.3 Å². The predicted molar refractivity (Wildman–Crippen MR) is 88.0 cm³/mol. The average Bonchev–Trinajstić information content (AvgIpc) is 2.43. The molecule has 0 aliphatic heterocycles. The van der Waals surface area contributed by atoms with Crippen LogP contribution >= 0.6 is 0 Å². The fourth-order valence-corrected chi connectivity index (χ4v) is 2.60. The Balaban J connectivity index is 2.44. The SMILES string of the molecule is CC(C)N(CCNC(=O)Cc1ccccc1CN)C(C)C. The second kappa shape index (κ2) is 8.80. The zero-order chi connectivity index (χ0) is 15.8. The number of carbonyl (C=O) groups excluding carboxylic acids is 1. The molecule has 21 heavy (non-hydrogen) atoms. The summed E-state index contributed by atoms with van der Waals surface area (Å²) in [6.45, 7) is 10.7. The molecule has 1 rings (SSSR count). The molecular weight excluding hydrogens is 262 g/mol. The van der Waals surface area contributed by atoms with Gasteiger partial charge in [0.1, 0.15) is 0 Å². The van der Waals surface area contributed by atoms with Gasteiger partial charge in [0, 0.05) is 31.7 Å². The summed E-state index contributed by atoms with van der Waals surface area (Å²) in [5.74, 6) is 0.0587. The molecule has 4 heteroatoms. The zero-order valence-electron chi connectivity index (χ0n) is 13.7. The third-order valence-electron chi connectivity index (χ3n) is 3.71. The Bertz CT molecular complexity index is 435. The minimum atomic E-state index is 0.0587. The van der Waals surface area contributed by atoms with E-state index in [1.54, 1.807) is 0 Å². The van der Waals surface area contributed by atoms with Crippen LogP contribution in [-0.4, -0.2) is 36.0 Å². The van der Waals surface area contributed by atoms with Crippen LogP contribution in [0.4, 0.5) is 0 Å². The van der Waals surface area contributed by atoms with Gasteiger partial charge >= 0.3 is 0 Å². The number of benzene rings is 1. The maximum Gasteiger partial charge on any atom is 0.224 e. The molecule has 0 aliphatic carbocycles. The van der Waals surface area contributed by atoms with E-state index in [0.29, 0.717) is 31.6 Å². The Morgan fingerprint density at radius 3 is 2.24 bits per heavy atom. The van der Waals surface area contributed by atoms with Crippen molar-refractivity contribution >= 4 is 5.91 Å². The first-order valence-electron chi connectivity index (χ1n) is 7.75. The Labute approximate surface area is 128 Å². The molecule has 118 valence electrons. The van der Waals surface area contributed by atoms with Crippen molar-refractivity contribution in [2.45, 2.75) is 52.7 Å². The van der Waals surface area contributed by atoms with Crippen LogP contribution in [0.25, 0.3) is 0 Å². The minimum absolute atomic E-state index is 0.0587. The highest BCUT2D eigenvalue weighted by Gasteiger charge is 2.13. The van der Waals surface area contributed by atoms with Crippen molar-refractivity contribution in [3.8, 4) is 0 Å². The number of carbonyl (C=O) groups is 1. The minimum Gasteiger partial charge on any atom is -0.355 e. The van der Waals surface area contributed by atoms with Gasteiger partial charge in [-0.3, -0.25) is 9.69 Å². The van der Waals surface area contributed by atoms with Gasteiger partial charge in [-0.2, -0.15) is 0 Å². The second-order valence-corrected chi connectivity index (χ2v) is 5.92. The highest BCUT2D eigenvalue weighted by atomic mass is 16.1. The fourth-order valence-electron chi connectivity index (χ4n) is 2.60. The van der Waals surface area contributed by atoms with E-state index in [4.69, 9.17) is 5.73 Å². The quantitative estimate of drug-likeness (QED) is 0.769. The highest BCUT2D eigenvalue weighted by molar-refractivity contribution is 5.78. The Kier molecular flexibility index (Phi) is 7.40. The molecule has 4 nitrogen and oxygen atoms in total. The van der Waals surface area contributed by atoms with Crippen LogP contribution in [0, 0.1) is 0 Å². The van der Waals surface area contributed by atoms with Gasteiger partial charge in [0.15, 0.2) is 0 Å². The summed E-state index contributed by atoms with van der Waals surface area (Å²) < 4.78 is 0. The number of nitrogens with two attached hydrogens (primary N) is 1. The molecule has 3 N–H and O–H groups in total. The van der Waals surface area contributed by atoms with Crippen molar-refractivity contribution in [3.05, 3.63) is 35.4 Å². The molecule has 0 saturated carbocycles. The van der Waals surface area contributed by atoms with E-state index in [9.17, 15) is 4.79 Å². The van der Waals surface area contributed by atoms with E-state index in [-0.39, 0.29) is 5.91 Å². The van der Waals surface area contributed by atoms with Crippen LogP contribution in [-0.2, 0) is 17.8 Å². The lowest BCUT2D eigenvalue weighted by molar-refractivity contribution is -0.120. The second-order valence-electron chi connectivity index (χ2n) is 5.92. The molecule has 0 heterocycles. The zero-order valence-corrected chi connectivity index (χ0v) is 13.7. The van der Waals surface area contributed by atoms with Crippen LogP contribution in [0.2, 0.25) is 0 Å². The van der Waals surface area contributed by atoms with Crippen molar-refractivity contribution < 1.29 is 4.79 Å². The van der Waals surface area contributed by atoms with Gasteiger partial charge in [0.05, 0.1) is 6.42 Å². The number of hydrogen-bond acceptors (Lipinski definition) is 3. The molecular formula is C17H29N3O. The van der Waals surface area contributed by atoms with E-state index < -0.39 is 0 Å². The van der Waals surface area contributed by atoms with Gasteiger partial charge in [0.2, 0.25) is 5.91 Å². The monoisotopic (exact) mass is 291 g/mol. The lowest BCUT2D eigenvalue weighted by Gasteiger charge is -2.30. The first kappa shape index (κ1) is 17.7. The number of rotatable bonds is 8. The van der Waals surface area contributed by atoms with Gasteiger partial charge in [0.25, 0.3) is 0 Å². The number of amides is 1. The number of hydrogen-bond donors (Lipinski definition) is 2. The van der Waals surface area contributed by atoms with Crippen LogP contribution in [0.5, 0.6) is 0 Å². The van der Waals surface area contributed by atoms with Crippen molar-refractivity contribution in [1.29, 1.82) is 0 Å². The molecule has 1 aromatic rings. The third-order valence-corrected chi connectivity index (χ3v) is 3.71. The molecule has 0 unspecified atom stereocenters. The van der Waals surface area contributed by atoms with Crippen LogP contribution in [0.15, 0.2) is 24.3 Å². The lowest BCUT2D eigenvalue weighted by Crippen LogP contribution is -2.42. The van der Waals surface area contributed by atoms with Crippen LogP contribution < -0.4 is 11.1 Å². The molecule has 1 aromatic carbocycles. The first-order chi connectivity index (χ1) is 9.95. The molecule has 1 amide bonds. The summed E-state index contributed by atoms with van der Waals surface area (Å²) in [5, 5.41) is 3.00. The molecule has 0 spiro atoms. The van der Waals surface area contributed by atoms with Crippen LogP contribution in [0.1, 0.15) is 38.8 Å². The summed E-state index contributed by atoms with van der Waals surface area (Å²) in [7, 11) is 0. The molecule has 0 atom stereocenters. The van der Waals surface area contributed by atoms with E-state index in [1.165, 1.54) is 0 Å². The maximum absolute atomic E-state index is 12.0. The Hall–Kier alpha value is -1.39. The van der Waals surface area contributed by atoms with Gasteiger partial charge in [-0.1, -0.05) is 24.3 Å². The topological polar surface area (TPSA) is 58.4 Å². The Morgan fingerprint density at radius 2 is 1.71 bits per heavy atom. The predicted octanol–water partition coefficient (Wildman–Crippen LogP) is 1.92. The first-order valence-corrected chi connectivity index (χ1v) is 7.75. The Morgan fingerprint density at radius 1 is 1.14 bits per heavy atom. The van der Waals surface area contributed by atoms with E-state index >= 15 is 0 Å². The lowest BCUT2D eigenvalue weighted by atomic mass is 10.0. The maximum atomic E-state index is 12.0. The average molecular weight is 291 g/mol. The smallest absolute Gasteiger partial charge is 0.224 e. The standard InChI is InChI=1S/C17H29N3O/c1-13(2)20(14(3)4)10-9-19-17(21)11-15-7-5-6-8-16(15)12-18/h5-8,13-14H,9-12,18H2,1-4H3,(H,19,21). The van der Waals surface area contributed by atoms with E-state index in [2.05, 4.69) is 37.9 Å². The molecule has 0 radical (unpaired) electrons. The summed E-state index contributed by atoms with van der Waals surface area (Å²) >= 11 is 0. The van der Waals surface area contributed by atoms with Crippen LogP contribution in [0.3, 0.4) is 0 Å². The highest BCUT2D eigenvalue weighted by Crippen LogP contribution is 2.08.